The van der Waals surface area contributed by atoms with Gasteiger partial charge in [0.2, 0.25) is 0 Å². The Labute approximate surface area is 137 Å². The zero-order valence-corrected chi connectivity index (χ0v) is 13.0. The zero-order chi connectivity index (χ0) is 16.1. The van der Waals surface area contributed by atoms with Crippen molar-refractivity contribution in [2.24, 2.45) is 5.10 Å². The summed E-state index contributed by atoms with van der Waals surface area (Å²) in [7, 11) is 1.41. The van der Waals surface area contributed by atoms with E-state index in [-0.39, 0.29) is 22.4 Å². The van der Waals surface area contributed by atoms with Crippen LogP contribution in [0.5, 0.6) is 11.5 Å². The molecule has 2 aromatic rings. The highest BCUT2D eigenvalue weighted by Gasteiger charge is 2.08. The van der Waals surface area contributed by atoms with Crippen LogP contribution in [0.15, 0.2) is 41.5 Å². The molecule has 114 valence electrons. The number of amides is 1. The predicted octanol–water partition coefficient (Wildman–Crippen LogP) is 3.47. The molecule has 1 amide bonds. The van der Waals surface area contributed by atoms with Gasteiger partial charge in [-0.05, 0) is 42.0 Å². The van der Waals surface area contributed by atoms with Crippen molar-refractivity contribution >= 4 is 35.3 Å². The summed E-state index contributed by atoms with van der Waals surface area (Å²) in [4.78, 5) is 11.8. The van der Waals surface area contributed by atoms with Crippen molar-refractivity contribution in [3.63, 3.8) is 0 Å². The molecule has 7 heteroatoms. The molecule has 0 fully saturated rings. The molecule has 22 heavy (non-hydrogen) atoms. The number of phenolic OH excluding ortho intramolecular Hbond substituents is 1. The molecule has 0 atom stereocenters. The Hall–Kier alpha value is -2.24. The predicted molar refractivity (Wildman–Crippen MR) is 86.2 cm³/mol. The van der Waals surface area contributed by atoms with Gasteiger partial charge in [0, 0.05) is 10.6 Å². The van der Waals surface area contributed by atoms with Crippen molar-refractivity contribution in [1.82, 2.24) is 5.43 Å². The summed E-state index contributed by atoms with van der Waals surface area (Å²) in [5.74, 6) is -0.297. The van der Waals surface area contributed by atoms with Gasteiger partial charge in [-0.1, -0.05) is 23.2 Å². The third kappa shape index (κ3) is 3.90. The monoisotopic (exact) mass is 338 g/mol. The highest BCUT2D eigenvalue weighted by Crippen LogP contribution is 2.34. The number of hydrogen-bond donors (Lipinski definition) is 2. The van der Waals surface area contributed by atoms with Crippen LogP contribution in [0.25, 0.3) is 0 Å². The van der Waals surface area contributed by atoms with E-state index in [9.17, 15) is 9.90 Å². The summed E-state index contributed by atoms with van der Waals surface area (Å²) in [6, 6.07) is 9.45. The summed E-state index contributed by atoms with van der Waals surface area (Å²) in [5.41, 5.74) is 3.38. The van der Waals surface area contributed by atoms with E-state index in [0.717, 1.165) is 0 Å². The number of carbonyl (C=O) groups excluding carboxylic acids is 1. The highest BCUT2D eigenvalue weighted by molar-refractivity contribution is 6.32. The summed E-state index contributed by atoms with van der Waals surface area (Å²) in [6.07, 6.45) is 1.39. The minimum Gasteiger partial charge on any atom is -0.503 e. The highest BCUT2D eigenvalue weighted by atomic mass is 35.5. The van der Waals surface area contributed by atoms with E-state index in [1.807, 2.05) is 0 Å². The topological polar surface area (TPSA) is 70.9 Å². The lowest BCUT2D eigenvalue weighted by Gasteiger charge is -2.06. The molecule has 0 spiro atoms. The van der Waals surface area contributed by atoms with Crippen molar-refractivity contribution < 1.29 is 14.6 Å². The Morgan fingerprint density at radius 3 is 2.59 bits per heavy atom. The van der Waals surface area contributed by atoms with Gasteiger partial charge in [-0.15, -0.1) is 0 Å². The first-order valence-corrected chi connectivity index (χ1v) is 6.92. The van der Waals surface area contributed by atoms with Gasteiger partial charge in [0.05, 0.1) is 18.3 Å². The molecule has 0 aliphatic heterocycles. The molecule has 2 N–H and O–H groups in total. The van der Waals surface area contributed by atoms with Crippen LogP contribution in [0, 0.1) is 0 Å². The van der Waals surface area contributed by atoms with Crippen molar-refractivity contribution in [2.45, 2.75) is 0 Å². The zero-order valence-electron chi connectivity index (χ0n) is 11.5. The molecule has 0 aliphatic rings. The maximum Gasteiger partial charge on any atom is 0.271 e. The standard InChI is InChI=1S/C15H12Cl2N2O3/c1-22-13-7-9(6-12(17)14(13)20)8-18-19-15(21)10-2-4-11(16)5-3-10/h2-8,20H,1H3,(H,19,21)/b18-8-. The molecule has 0 saturated carbocycles. The van der Waals surface area contributed by atoms with Gasteiger partial charge in [-0.2, -0.15) is 5.10 Å². The van der Waals surface area contributed by atoms with Crippen molar-refractivity contribution in [3.8, 4) is 11.5 Å². The fourth-order valence-electron chi connectivity index (χ4n) is 1.66. The lowest BCUT2D eigenvalue weighted by molar-refractivity contribution is 0.0955. The fraction of sp³-hybridized carbons (Fsp3) is 0.0667. The number of halogens is 2. The number of aromatic hydroxyl groups is 1. The number of methoxy groups -OCH3 is 1. The van der Waals surface area contributed by atoms with E-state index in [2.05, 4.69) is 10.5 Å². The number of ether oxygens (including phenoxy) is 1. The van der Waals surface area contributed by atoms with Gasteiger partial charge in [0.1, 0.15) is 0 Å². The molecule has 0 unspecified atom stereocenters. The number of carbonyl (C=O) groups is 1. The molecular weight excluding hydrogens is 327 g/mol. The molecule has 0 aromatic heterocycles. The first kappa shape index (κ1) is 16.1. The summed E-state index contributed by atoms with van der Waals surface area (Å²) >= 11 is 11.6. The number of nitrogens with one attached hydrogen (secondary N) is 1. The van der Waals surface area contributed by atoms with Crippen LogP contribution >= 0.6 is 23.2 Å². The molecule has 5 nitrogen and oxygen atoms in total. The number of hydrogen-bond acceptors (Lipinski definition) is 4. The Kier molecular flexibility index (Phi) is 5.25. The number of phenols is 1. The maximum absolute atomic E-state index is 11.8. The van der Waals surface area contributed by atoms with E-state index in [4.69, 9.17) is 27.9 Å². The van der Waals surface area contributed by atoms with Gasteiger partial charge in [0.15, 0.2) is 11.5 Å². The third-order valence-electron chi connectivity index (χ3n) is 2.76. The number of nitrogens with zero attached hydrogens (tertiary/aromatic N) is 1. The molecule has 0 saturated heterocycles. The Balaban J connectivity index is 2.08. The van der Waals surface area contributed by atoms with E-state index in [1.54, 1.807) is 30.3 Å². The first-order chi connectivity index (χ1) is 10.5. The first-order valence-electron chi connectivity index (χ1n) is 6.16. The summed E-state index contributed by atoms with van der Waals surface area (Å²) in [5, 5.41) is 14.1. The minimum absolute atomic E-state index is 0.129. The second-order valence-corrected chi connectivity index (χ2v) is 5.10. The Morgan fingerprint density at radius 2 is 1.95 bits per heavy atom. The molecule has 0 bridgehead atoms. The van der Waals surface area contributed by atoms with Crippen LogP contribution in [0.2, 0.25) is 10.0 Å². The van der Waals surface area contributed by atoms with Crippen LogP contribution < -0.4 is 10.2 Å². The van der Waals surface area contributed by atoms with E-state index >= 15 is 0 Å². The number of rotatable bonds is 4. The van der Waals surface area contributed by atoms with Crippen molar-refractivity contribution in [2.75, 3.05) is 7.11 Å². The number of benzene rings is 2. The largest absolute Gasteiger partial charge is 0.503 e. The maximum atomic E-state index is 11.8. The van der Waals surface area contributed by atoms with Crippen molar-refractivity contribution in [3.05, 3.63) is 57.6 Å². The Morgan fingerprint density at radius 1 is 1.27 bits per heavy atom. The van der Waals surface area contributed by atoms with Gasteiger partial charge < -0.3 is 9.84 Å². The summed E-state index contributed by atoms with van der Waals surface area (Å²) in [6.45, 7) is 0. The summed E-state index contributed by atoms with van der Waals surface area (Å²) < 4.78 is 4.98. The van der Waals surface area contributed by atoms with Gasteiger partial charge in [-0.3, -0.25) is 4.79 Å². The van der Waals surface area contributed by atoms with Gasteiger partial charge in [0.25, 0.3) is 5.91 Å². The molecular formula is C15H12Cl2N2O3. The van der Waals surface area contributed by atoms with Crippen LogP contribution in [-0.4, -0.2) is 24.3 Å². The smallest absolute Gasteiger partial charge is 0.271 e. The SMILES string of the molecule is COc1cc(/C=N\NC(=O)c2ccc(Cl)cc2)cc(Cl)c1O. The van der Waals surface area contributed by atoms with E-state index < -0.39 is 0 Å². The minimum atomic E-state index is -0.371. The van der Waals surface area contributed by atoms with E-state index in [0.29, 0.717) is 16.1 Å². The number of hydrazone groups is 1. The van der Waals surface area contributed by atoms with Crippen LogP contribution in [0.4, 0.5) is 0 Å². The molecule has 2 rings (SSSR count). The van der Waals surface area contributed by atoms with Crippen LogP contribution in [0.1, 0.15) is 15.9 Å². The third-order valence-corrected chi connectivity index (χ3v) is 3.30. The fourth-order valence-corrected chi connectivity index (χ4v) is 2.00. The average molecular weight is 339 g/mol. The molecule has 2 aromatic carbocycles. The lowest BCUT2D eigenvalue weighted by Crippen LogP contribution is -2.17. The van der Waals surface area contributed by atoms with Crippen LogP contribution in [0.3, 0.4) is 0 Å². The normalized spacial score (nSPS) is 10.7. The average Bonchev–Trinajstić information content (AvgIpc) is 2.51. The molecule has 0 heterocycles. The van der Waals surface area contributed by atoms with Gasteiger partial charge in [-0.25, -0.2) is 5.43 Å². The van der Waals surface area contributed by atoms with Crippen molar-refractivity contribution in [1.29, 1.82) is 0 Å². The quantitative estimate of drug-likeness (QED) is 0.662. The van der Waals surface area contributed by atoms with E-state index in [1.165, 1.54) is 19.4 Å². The van der Waals surface area contributed by atoms with Gasteiger partial charge >= 0.3 is 0 Å². The lowest BCUT2D eigenvalue weighted by atomic mass is 10.2. The molecule has 0 radical (unpaired) electrons. The Bertz CT molecular complexity index is 715. The second kappa shape index (κ2) is 7.15. The molecule has 0 aliphatic carbocycles. The van der Waals surface area contributed by atoms with Crippen LogP contribution in [-0.2, 0) is 0 Å². The second-order valence-electron chi connectivity index (χ2n) is 4.26.